The van der Waals surface area contributed by atoms with E-state index in [2.05, 4.69) is 0 Å². The van der Waals surface area contributed by atoms with E-state index in [0.29, 0.717) is 0 Å². The lowest BCUT2D eigenvalue weighted by Gasteiger charge is -2.22. The fourth-order valence-electron chi connectivity index (χ4n) is 3.11. The monoisotopic (exact) mass is 444 g/mol. The van der Waals surface area contributed by atoms with Gasteiger partial charge in [-0.15, -0.1) is 0 Å². The van der Waals surface area contributed by atoms with E-state index in [4.69, 9.17) is 9.47 Å². The topological polar surface area (TPSA) is 62.5 Å². The number of ether oxygens (including phenoxy) is 2. The van der Waals surface area contributed by atoms with Crippen LogP contribution in [0, 0.1) is 11.6 Å². The molecule has 0 radical (unpaired) electrons. The molecule has 170 valence electrons. The summed E-state index contributed by atoms with van der Waals surface area (Å²) in [6, 6.07) is 8.34. The summed E-state index contributed by atoms with van der Waals surface area (Å²) < 4.78 is 41.8. The molecule has 8 heteroatoms. The minimum Gasteiger partial charge on any atom is -0.443 e. The first-order chi connectivity index (χ1) is 14.8. The molecule has 6 nitrogen and oxygen atoms in total. The SMILES string of the molecule is CC(C)(C)OC(=O)n1cccc1-c1cc(F)c(F)cc1-c1cccn1C(=O)OC(C)(C)C. The lowest BCUT2D eigenvalue weighted by atomic mass is 10.0. The molecule has 1 aromatic carbocycles. The largest absolute Gasteiger partial charge is 0.443 e. The third kappa shape index (κ3) is 5.07. The van der Waals surface area contributed by atoms with Gasteiger partial charge in [-0.25, -0.2) is 18.4 Å². The van der Waals surface area contributed by atoms with Crippen molar-refractivity contribution in [1.29, 1.82) is 0 Å². The van der Waals surface area contributed by atoms with Crippen molar-refractivity contribution in [1.82, 2.24) is 9.13 Å². The molecule has 0 atom stereocenters. The second-order valence-electron chi connectivity index (χ2n) is 9.30. The molecule has 0 aliphatic rings. The van der Waals surface area contributed by atoms with Gasteiger partial charge in [0.25, 0.3) is 0 Å². The summed E-state index contributed by atoms with van der Waals surface area (Å²) in [7, 11) is 0. The lowest BCUT2D eigenvalue weighted by molar-refractivity contribution is 0.0528. The van der Waals surface area contributed by atoms with Gasteiger partial charge in [-0.3, -0.25) is 9.13 Å². The zero-order chi connectivity index (χ0) is 23.8. The zero-order valence-electron chi connectivity index (χ0n) is 18.9. The zero-order valence-corrected chi connectivity index (χ0v) is 18.9. The Hall–Kier alpha value is -3.42. The third-order valence-electron chi connectivity index (χ3n) is 4.29. The van der Waals surface area contributed by atoms with E-state index in [9.17, 15) is 18.4 Å². The Bertz CT molecular complexity index is 1070. The van der Waals surface area contributed by atoms with E-state index in [1.165, 1.54) is 21.5 Å². The van der Waals surface area contributed by atoms with Crippen LogP contribution in [0.1, 0.15) is 41.5 Å². The quantitative estimate of drug-likeness (QED) is 0.455. The molecule has 0 bridgehead atoms. The van der Waals surface area contributed by atoms with Crippen LogP contribution in [0.5, 0.6) is 0 Å². The number of aromatic nitrogens is 2. The van der Waals surface area contributed by atoms with E-state index in [1.54, 1.807) is 65.8 Å². The summed E-state index contributed by atoms with van der Waals surface area (Å²) in [5.41, 5.74) is -0.510. The predicted molar refractivity (Wildman–Crippen MR) is 116 cm³/mol. The number of hydrogen-bond acceptors (Lipinski definition) is 4. The van der Waals surface area contributed by atoms with Crippen molar-refractivity contribution in [2.45, 2.75) is 52.7 Å². The minimum absolute atomic E-state index is 0.211. The van der Waals surface area contributed by atoms with Crippen LogP contribution < -0.4 is 0 Å². The van der Waals surface area contributed by atoms with Gasteiger partial charge in [0.05, 0.1) is 11.4 Å². The number of carbonyl (C=O) groups is 2. The maximum absolute atomic E-state index is 14.3. The predicted octanol–water partition coefficient (Wildman–Crippen LogP) is 6.47. The van der Waals surface area contributed by atoms with Gasteiger partial charge in [0.1, 0.15) is 11.2 Å². The highest BCUT2D eigenvalue weighted by Gasteiger charge is 2.25. The Morgan fingerprint density at radius 1 is 0.719 bits per heavy atom. The Labute approximate surface area is 185 Å². The molecule has 0 spiro atoms. The van der Waals surface area contributed by atoms with Crippen molar-refractivity contribution < 1.29 is 27.8 Å². The maximum Gasteiger partial charge on any atom is 0.418 e. The average molecular weight is 444 g/mol. The molecule has 0 N–H and O–H groups in total. The van der Waals surface area contributed by atoms with Crippen molar-refractivity contribution in [2.24, 2.45) is 0 Å². The molecule has 2 aromatic heterocycles. The van der Waals surface area contributed by atoms with Crippen molar-refractivity contribution in [3.8, 4) is 22.5 Å². The van der Waals surface area contributed by atoms with Gasteiger partial charge < -0.3 is 9.47 Å². The summed E-state index contributed by atoms with van der Waals surface area (Å²) >= 11 is 0. The van der Waals surface area contributed by atoms with E-state index in [1.807, 2.05) is 0 Å². The van der Waals surface area contributed by atoms with Crippen LogP contribution in [0.15, 0.2) is 48.8 Å². The number of nitrogens with zero attached hydrogens (tertiary/aromatic N) is 2. The normalized spacial score (nSPS) is 12.0. The van der Waals surface area contributed by atoms with Gasteiger partial charge in [-0.05, 0) is 77.9 Å². The molecule has 0 aliphatic carbocycles. The van der Waals surface area contributed by atoms with Gasteiger partial charge in [0.2, 0.25) is 0 Å². The summed E-state index contributed by atoms with van der Waals surface area (Å²) in [4.78, 5) is 25.4. The number of hydrogen-bond donors (Lipinski definition) is 0. The molecule has 0 fully saturated rings. The molecule has 0 saturated carbocycles. The Morgan fingerprint density at radius 3 is 1.38 bits per heavy atom. The highest BCUT2D eigenvalue weighted by Crippen LogP contribution is 2.35. The Kier molecular flexibility index (Phi) is 6.00. The average Bonchev–Trinajstić information content (AvgIpc) is 3.29. The Morgan fingerprint density at radius 2 is 1.06 bits per heavy atom. The first kappa shape index (κ1) is 23.2. The number of rotatable bonds is 2. The highest BCUT2D eigenvalue weighted by molar-refractivity contribution is 5.89. The van der Waals surface area contributed by atoms with Crippen molar-refractivity contribution in [3.63, 3.8) is 0 Å². The second-order valence-corrected chi connectivity index (χ2v) is 9.30. The Balaban J connectivity index is 2.16. The van der Waals surface area contributed by atoms with Crippen LogP contribution in [-0.4, -0.2) is 32.5 Å². The highest BCUT2D eigenvalue weighted by atomic mass is 19.2. The first-order valence-electron chi connectivity index (χ1n) is 10.1. The van der Waals surface area contributed by atoms with Gasteiger partial charge in [-0.2, -0.15) is 0 Å². The lowest BCUT2D eigenvalue weighted by Crippen LogP contribution is -2.27. The third-order valence-corrected chi connectivity index (χ3v) is 4.29. The maximum atomic E-state index is 14.3. The molecule has 3 rings (SSSR count). The van der Waals surface area contributed by atoms with Crippen molar-refractivity contribution in [3.05, 3.63) is 60.4 Å². The minimum atomic E-state index is -1.09. The van der Waals surface area contributed by atoms with Gasteiger partial charge in [0.15, 0.2) is 11.6 Å². The molecule has 0 saturated heterocycles. The fraction of sp³-hybridized carbons (Fsp3) is 0.333. The van der Waals surface area contributed by atoms with Crippen LogP contribution in [0.4, 0.5) is 18.4 Å². The van der Waals surface area contributed by atoms with Crippen LogP contribution in [0.3, 0.4) is 0 Å². The second kappa shape index (κ2) is 8.26. The van der Waals surface area contributed by atoms with Crippen LogP contribution in [0.2, 0.25) is 0 Å². The molecular weight excluding hydrogens is 418 g/mol. The van der Waals surface area contributed by atoms with Gasteiger partial charge >= 0.3 is 12.2 Å². The van der Waals surface area contributed by atoms with Crippen molar-refractivity contribution in [2.75, 3.05) is 0 Å². The van der Waals surface area contributed by atoms with E-state index >= 15 is 0 Å². The van der Waals surface area contributed by atoms with E-state index in [0.717, 1.165) is 12.1 Å². The molecule has 0 unspecified atom stereocenters. The summed E-state index contributed by atoms with van der Waals surface area (Å²) in [6.07, 6.45) is 1.61. The van der Waals surface area contributed by atoms with Crippen LogP contribution in [-0.2, 0) is 9.47 Å². The molecule has 32 heavy (non-hydrogen) atoms. The number of carbonyl (C=O) groups excluding carboxylic acids is 2. The van der Waals surface area contributed by atoms with E-state index < -0.39 is 35.0 Å². The van der Waals surface area contributed by atoms with Crippen LogP contribution >= 0.6 is 0 Å². The van der Waals surface area contributed by atoms with Crippen LogP contribution in [0.25, 0.3) is 22.5 Å². The molecule has 3 aromatic rings. The summed E-state index contributed by atoms with van der Waals surface area (Å²) in [6.45, 7) is 10.4. The standard InChI is InChI=1S/C24H26F2N2O4/c1-23(2,3)31-21(29)27-11-7-9-19(27)15-13-17(25)18(26)14-16(15)20-10-8-12-28(20)22(30)32-24(4,5)6/h7-14H,1-6H3. The fourth-order valence-corrected chi connectivity index (χ4v) is 3.11. The molecular formula is C24H26F2N2O4. The molecule has 0 aliphatic heterocycles. The van der Waals surface area contributed by atoms with Gasteiger partial charge in [-0.1, -0.05) is 0 Å². The van der Waals surface area contributed by atoms with E-state index in [-0.39, 0.29) is 22.5 Å². The smallest absolute Gasteiger partial charge is 0.418 e. The van der Waals surface area contributed by atoms with Crippen molar-refractivity contribution >= 4 is 12.2 Å². The summed E-state index contributed by atoms with van der Waals surface area (Å²) in [5, 5.41) is 0. The van der Waals surface area contributed by atoms with Gasteiger partial charge in [0, 0.05) is 23.5 Å². The first-order valence-corrected chi connectivity index (χ1v) is 10.1. The number of benzene rings is 1. The molecule has 2 heterocycles. The molecule has 0 amide bonds. The number of halogens is 2. The summed E-state index contributed by atoms with van der Waals surface area (Å²) in [5.74, 6) is -2.17.